The Balaban J connectivity index is 1.83. The van der Waals surface area contributed by atoms with Crippen molar-refractivity contribution < 1.29 is 32.8 Å². The Kier molecular flexibility index (Phi) is 15.1. The number of methoxy groups -OCH3 is 3. The molecule has 1 aliphatic rings. The van der Waals surface area contributed by atoms with Gasteiger partial charge in [0.2, 0.25) is 6.54 Å². The number of hydrogen-bond donors (Lipinski definition) is 2. The number of carbonyl (C=O) groups excluding carboxylic acids is 1. The van der Waals surface area contributed by atoms with E-state index in [9.17, 15) is 4.79 Å². The molecule has 2 amide bonds. The third kappa shape index (κ3) is 9.58. The van der Waals surface area contributed by atoms with Crippen molar-refractivity contribution in [2.24, 2.45) is 5.92 Å². The van der Waals surface area contributed by atoms with Crippen molar-refractivity contribution in [2.45, 2.75) is 70.1 Å². The molecule has 51 heavy (non-hydrogen) atoms. The topological polar surface area (TPSA) is 104 Å². The van der Waals surface area contributed by atoms with Gasteiger partial charge in [0.15, 0.2) is 0 Å². The third-order valence-electron chi connectivity index (χ3n) is 9.11. The second-order valence-corrected chi connectivity index (χ2v) is 14.3. The van der Waals surface area contributed by atoms with E-state index in [1.165, 1.54) is 0 Å². The lowest BCUT2D eigenvalue weighted by molar-refractivity contribution is -0.0526. The fourth-order valence-corrected chi connectivity index (χ4v) is 8.58. The van der Waals surface area contributed by atoms with Crippen molar-refractivity contribution in [3.63, 3.8) is 0 Å². The van der Waals surface area contributed by atoms with Gasteiger partial charge >= 0.3 is 6.03 Å². The first-order chi connectivity index (χ1) is 24.6. The van der Waals surface area contributed by atoms with Gasteiger partial charge in [-0.05, 0) is 75.1 Å². The number of amides is 2. The Morgan fingerprint density at radius 1 is 0.882 bits per heavy atom. The first-order valence-electron chi connectivity index (χ1n) is 17.3. The summed E-state index contributed by atoms with van der Waals surface area (Å²) < 4.78 is 40.0. The van der Waals surface area contributed by atoms with E-state index in [0.29, 0.717) is 6.42 Å². The molecule has 3 aromatic carbocycles. The molecule has 0 saturated heterocycles. The molecule has 2 N–H and O–H groups in total. The zero-order valence-electron chi connectivity index (χ0n) is 31.0. The minimum atomic E-state index is -1.61. The van der Waals surface area contributed by atoms with Crippen molar-refractivity contribution in [2.75, 3.05) is 48.1 Å². The Labute approximate surface area is 304 Å². The van der Waals surface area contributed by atoms with E-state index in [0.717, 1.165) is 28.2 Å². The summed E-state index contributed by atoms with van der Waals surface area (Å²) in [6.45, 7) is 16.5. The van der Waals surface area contributed by atoms with Gasteiger partial charge in [-0.2, -0.15) is 0 Å². The highest BCUT2D eigenvalue weighted by molar-refractivity contribution is 7.44. The van der Waals surface area contributed by atoms with E-state index in [1.807, 2.05) is 66.7 Å². The highest BCUT2D eigenvalue weighted by Gasteiger charge is 2.49. The molecule has 0 heterocycles. The predicted molar refractivity (Wildman–Crippen MR) is 200 cm³/mol. The third-order valence-corrected chi connectivity index (χ3v) is 11.2. The quantitative estimate of drug-likeness (QED) is 0.0627. The summed E-state index contributed by atoms with van der Waals surface area (Å²) in [5.41, 5.74) is 1.72. The Morgan fingerprint density at radius 3 is 1.90 bits per heavy atom. The van der Waals surface area contributed by atoms with Gasteiger partial charge in [0, 0.05) is 32.2 Å². The average Bonchev–Trinajstić information content (AvgIpc) is 3.47. The van der Waals surface area contributed by atoms with Crippen molar-refractivity contribution in [1.29, 1.82) is 0 Å². The molecule has 2 unspecified atom stereocenters. The number of benzene rings is 3. The van der Waals surface area contributed by atoms with Gasteiger partial charge in [-0.25, -0.2) is 16.0 Å². The smallest absolute Gasteiger partial charge is 0.314 e. The van der Waals surface area contributed by atoms with Crippen LogP contribution in [0, 0.1) is 12.5 Å². The first kappa shape index (κ1) is 40.0. The fraction of sp³-hybridized carbons (Fsp3) is 0.487. The lowest BCUT2D eigenvalue weighted by atomic mass is 9.79. The molecule has 0 spiro atoms. The highest BCUT2D eigenvalue weighted by Crippen LogP contribution is 2.51. The van der Waals surface area contributed by atoms with Crippen LogP contribution in [-0.4, -0.2) is 89.2 Å². The number of hydrogen-bond acceptors (Lipinski definition) is 8. The van der Waals surface area contributed by atoms with Gasteiger partial charge in [-0.1, -0.05) is 54.6 Å². The van der Waals surface area contributed by atoms with E-state index in [4.69, 9.17) is 34.6 Å². The number of urea groups is 1. The van der Waals surface area contributed by atoms with Crippen LogP contribution in [0.5, 0.6) is 11.5 Å². The second-order valence-electron chi connectivity index (χ2n) is 12.9. The molecule has 1 saturated carbocycles. The number of carbonyl (C=O) groups is 1. The minimum Gasteiger partial charge on any atom is -0.497 e. The largest absolute Gasteiger partial charge is 0.497 e. The van der Waals surface area contributed by atoms with Gasteiger partial charge < -0.3 is 43.5 Å². The van der Waals surface area contributed by atoms with Gasteiger partial charge in [-0.3, -0.25) is 0 Å². The summed E-state index contributed by atoms with van der Waals surface area (Å²) in [4.78, 5) is 16.2. The van der Waals surface area contributed by atoms with Crippen LogP contribution in [0.1, 0.15) is 50.8 Å². The van der Waals surface area contributed by atoms with Crippen LogP contribution in [0.2, 0.25) is 0 Å². The van der Waals surface area contributed by atoms with Crippen LogP contribution in [0.25, 0.3) is 4.85 Å². The van der Waals surface area contributed by atoms with Gasteiger partial charge in [0.25, 0.3) is 8.53 Å². The van der Waals surface area contributed by atoms with Crippen molar-refractivity contribution in [3.8, 4) is 11.5 Å². The normalized spacial score (nSPS) is 19.6. The molecule has 1 aliphatic carbocycles. The van der Waals surface area contributed by atoms with E-state index in [1.54, 1.807) is 28.4 Å². The monoisotopic (exact) mass is 720 g/mol. The highest BCUT2D eigenvalue weighted by atomic mass is 31.2. The Morgan fingerprint density at radius 2 is 1.43 bits per heavy atom. The Hall–Kier alpha value is -3.75. The number of ether oxygens (including phenoxy) is 4. The molecule has 1 fully saturated rings. The zero-order valence-corrected chi connectivity index (χ0v) is 31.9. The summed E-state index contributed by atoms with van der Waals surface area (Å²) in [5, 5.41) is 5.76. The maximum atomic E-state index is 12.7. The van der Waals surface area contributed by atoms with E-state index in [2.05, 4.69) is 60.0 Å². The molecule has 0 radical (unpaired) electrons. The maximum Gasteiger partial charge on any atom is 0.314 e. The van der Waals surface area contributed by atoms with Crippen molar-refractivity contribution in [1.82, 2.24) is 15.3 Å². The first-order valence-corrected chi connectivity index (χ1v) is 18.5. The molecule has 276 valence electrons. The molecular weight excluding hydrogens is 667 g/mol. The second kappa shape index (κ2) is 19.2. The maximum absolute atomic E-state index is 12.7. The van der Waals surface area contributed by atoms with Crippen molar-refractivity contribution >= 4 is 14.6 Å². The summed E-state index contributed by atoms with van der Waals surface area (Å²) in [7, 11) is 4.91. The molecule has 12 heteroatoms. The molecule has 0 aromatic heterocycles. The van der Waals surface area contributed by atoms with Crippen LogP contribution >= 0.6 is 8.53 Å². The fourth-order valence-electron chi connectivity index (χ4n) is 6.78. The van der Waals surface area contributed by atoms with Crippen LogP contribution in [0.4, 0.5) is 4.79 Å². The molecule has 11 nitrogen and oxygen atoms in total. The predicted octanol–water partition coefficient (Wildman–Crippen LogP) is 7.01. The van der Waals surface area contributed by atoms with E-state index >= 15 is 0 Å². The Bertz CT molecular complexity index is 1480. The lowest BCUT2D eigenvalue weighted by Gasteiger charge is -2.40. The lowest BCUT2D eigenvalue weighted by Crippen LogP contribution is -2.48. The molecule has 0 bridgehead atoms. The molecule has 0 aliphatic heterocycles. The zero-order chi connectivity index (χ0) is 37.0. The van der Waals surface area contributed by atoms with E-state index < -0.39 is 26.3 Å². The van der Waals surface area contributed by atoms with Gasteiger partial charge in [0.05, 0.1) is 33.0 Å². The number of nitrogens with zero attached hydrogens (tertiary/aromatic N) is 2. The van der Waals surface area contributed by atoms with Crippen LogP contribution in [0.15, 0.2) is 78.9 Å². The minimum absolute atomic E-state index is 0.108. The summed E-state index contributed by atoms with van der Waals surface area (Å²) in [5.74, 6) is 1.24. The van der Waals surface area contributed by atoms with Crippen molar-refractivity contribution in [3.05, 3.63) is 107 Å². The molecule has 5 atom stereocenters. The average molecular weight is 721 g/mol. The standard InChI is InChI=1S/C39H53N4O7P/c1-27(2)43(28(3)4)51(49-24-23-40-5)50-36-29(25-35(37(36)47-9)42-38(44)41-6)26-48-39(30-13-11-10-12-14-30,31-15-19-33(45-7)20-16-31)32-17-21-34(46-8)22-18-32/h10-22,27-29,35-37H,23-26H2,1-4,6-9H3,(H2,41,42,44)/t29-,35+,36?,37-,51?/m1/s1. The summed E-state index contributed by atoms with van der Waals surface area (Å²) in [6.07, 6.45) is -0.489. The summed E-state index contributed by atoms with van der Waals surface area (Å²) >= 11 is 0. The SMILES string of the molecule is [C-]#[N+]CCOP(OC1[C@@H](COC(c2ccccc2)(c2ccc(OC)cc2)c2ccc(OC)cc2)C[C@H](NC(=O)NC)[C@H]1OC)N(C(C)C)C(C)C. The van der Waals surface area contributed by atoms with E-state index in [-0.39, 0.29) is 49.8 Å². The molecular formula is C39H53N4O7P. The number of rotatable bonds is 18. The van der Waals surface area contributed by atoms with Crippen LogP contribution in [0.3, 0.4) is 0 Å². The number of nitrogens with one attached hydrogen (secondary N) is 2. The van der Waals surface area contributed by atoms with Crippen LogP contribution < -0.4 is 20.1 Å². The van der Waals surface area contributed by atoms with Gasteiger partial charge in [-0.15, -0.1) is 0 Å². The van der Waals surface area contributed by atoms with Gasteiger partial charge in [0.1, 0.15) is 29.8 Å². The van der Waals surface area contributed by atoms with Crippen LogP contribution in [-0.2, 0) is 24.1 Å². The summed E-state index contributed by atoms with van der Waals surface area (Å²) in [6, 6.07) is 25.5. The molecule has 4 rings (SSSR count). The molecule has 3 aromatic rings.